The average molecular weight is 483 g/mol. The third-order valence-electron chi connectivity index (χ3n) is 7.03. The van der Waals surface area contributed by atoms with Crippen LogP contribution < -0.4 is 10.2 Å². The Balaban J connectivity index is 1.40. The molecule has 0 amide bonds. The molecule has 2 aliphatic rings. The van der Waals surface area contributed by atoms with Crippen LogP contribution in [0.15, 0.2) is 67.0 Å². The lowest BCUT2D eigenvalue weighted by Crippen LogP contribution is -2.37. The Kier molecular flexibility index (Phi) is 6.13. The van der Waals surface area contributed by atoms with Gasteiger partial charge in [-0.1, -0.05) is 48.5 Å². The molecule has 6 rings (SSSR count). The van der Waals surface area contributed by atoms with Gasteiger partial charge in [-0.15, -0.1) is 0 Å². The first-order valence-electron chi connectivity index (χ1n) is 12.5. The molecule has 184 valence electrons. The summed E-state index contributed by atoms with van der Waals surface area (Å²) < 4.78 is 15.7. The standard InChI is InChI=1S/C28H30N6O2/c1-20-23-24(21-9-4-2-5-10-21)25-26(29)33(14-8-13-32-15-17-35-18-16-32)19-30-27(25)36-28(23)34(31-20)22-11-6-3-7-12-22/h2-7,9-12,19,24,29H,8,13-18H2,1H3/t24-/m0/s1. The van der Waals surface area contributed by atoms with Crippen molar-refractivity contribution in [1.29, 1.82) is 5.41 Å². The van der Waals surface area contributed by atoms with Crippen LogP contribution in [-0.4, -0.2) is 57.1 Å². The second-order valence-corrected chi connectivity index (χ2v) is 9.31. The Morgan fingerprint density at radius 3 is 2.42 bits per heavy atom. The van der Waals surface area contributed by atoms with Gasteiger partial charge in [-0.25, -0.2) is 9.67 Å². The van der Waals surface area contributed by atoms with E-state index in [1.165, 1.54) is 0 Å². The van der Waals surface area contributed by atoms with Crippen LogP contribution in [0, 0.1) is 12.3 Å². The van der Waals surface area contributed by atoms with Crippen molar-refractivity contribution < 1.29 is 9.47 Å². The molecule has 2 aromatic heterocycles. The summed E-state index contributed by atoms with van der Waals surface area (Å²) in [5.74, 6) is 0.953. The molecule has 1 atom stereocenters. The van der Waals surface area contributed by atoms with Crippen LogP contribution in [0.3, 0.4) is 0 Å². The molecule has 1 saturated heterocycles. The van der Waals surface area contributed by atoms with Crippen molar-refractivity contribution in [2.45, 2.75) is 25.8 Å². The van der Waals surface area contributed by atoms with Crippen molar-refractivity contribution in [1.82, 2.24) is 24.2 Å². The number of nitrogens with zero attached hydrogens (tertiary/aromatic N) is 5. The predicted molar refractivity (Wildman–Crippen MR) is 136 cm³/mol. The topological polar surface area (TPSA) is 81.2 Å². The zero-order valence-corrected chi connectivity index (χ0v) is 20.4. The molecule has 0 unspecified atom stereocenters. The molecule has 2 aliphatic heterocycles. The van der Waals surface area contributed by atoms with E-state index in [2.05, 4.69) is 17.0 Å². The number of fused-ring (bicyclic) bond motifs is 2. The van der Waals surface area contributed by atoms with Crippen LogP contribution in [0.25, 0.3) is 5.69 Å². The molecule has 0 aliphatic carbocycles. The minimum absolute atomic E-state index is 0.186. The van der Waals surface area contributed by atoms with E-state index in [-0.39, 0.29) is 5.92 Å². The Hall–Kier alpha value is -3.75. The molecule has 0 spiro atoms. The fourth-order valence-electron chi connectivity index (χ4n) is 5.21. The number of hydrogen-bond donors (Lipinski definition) is 1. The first-order valence-corrected chi connectivity index (χ1v) is 12.5. The predicted octanol–water partition coefficient (Wildman–Crippen LogP) is 3.86. The van der Waals surface area contributed by atoms with Gasteiger partial charge in [0.15, 0.2) is 0 Å². The molecule has 0 saturated carbocycles. The van der Waals surface area contributed by atoms with E-state index in [0.29, 0.717) is 17.2 Å². The van der Waals surface area contributed by atoms with Gasteiger partial charge in [0.2, 0.25) is 11.8 Å². The lowest BCUT2D eigenvalue weighted by atomic mass is 9.84. The van der Waals surface area contributed by atoms with Crippen LogP contribution in [-0.2, 0) is 11.3 Å². The monoisotopic (exact) mass is 482 g/mol. The lowest BCUT2D eigenvalue weighted by Gasteiger charge is -2.28. The molecule has 8 nitrogen and oxygen atoms in total. The number of nitrogens with one attached hydrogen (secondary N) is 1. The fourth-order valence-corrected chi connectivity index (χ4v) is 5.21. The summed E-state index contributed by atoms with van der Waals surface area (Å²) in [4.78, 5) is 7.13. The molecular formula is C28H30N6O2. The number of aromatic nitrogens is 4. The Bertz CT molecular complexity index is 1410. The number of morpholine rings is 1. The maximum absolute atomic E-state index is 9.19. The van der Waals surface area contributed by atoms with Crippen molar-refractivity contribution in [3.8, 4) is 17.4 Å². The van der Waals surface area contributed by atoms with Crippen LogP contribution >= 0.6 is 0 Å². The maximum atomic E-state index is 9.19. The molecule has 8 heteroatoms. The van der Waals surface area contributed by atoms with E-state index < -0.39 is 0 Å². The fraction of sp³-hybridized carbons (Fsp3) is 0.321. The van der Waals surface area contributed by atoms with Gasteiger partial charge in [0.05, 0.1) is 41.6 Å². The van der Waals surface area contributed by atoms with Crippen LogP contribution in [0.5, 0.6) is 11.8 Å². The number of aryl methyl sites for hydroxylation is 2. The van der Waals surface area contributed by atoms with Gasteiger partial charge in [0, 0.05) is 26.2 Å². The number of benzene rings is 2. The molecule has 0 bridgehead atoms. The highest BCUT2D eigenvalue weighted by molar-refractivity contribution is 5.57. The minimum Gasteiger partial charge on any atom is -0.420 e. The minimum atomic E-state index is -0.186. The zero-order valence-electron chi connectivity index (χ0n) is 20.4. The van der Waals surface area contributed by atoms with E-state index in [0.717, 1.165) is 73.9 Å². The van der Waals surface area contributed by atoms with Crippen molar-refractivity contribution in [3.05, 3.63) is 94.9 Å². The molecular weight excluding hydrogens is 452 g/mol. The molecule has 1 fully saturated rings. The first kappa shape index (κ1) is 22.7. The van der Waals surface area contributed by atoms with Gasteiger partial charge in [-0.2, -0.15) is 5.10 Å². The summed E-state index contributed by atoms with van der Waals surface area (Å²) in [5, 5.41) is 14.0. The summed E-state index contributed by atoms with van der Waals surface area (Å²) in [6.07, 6.45) is 2.69. The van der Waals surface area contributed by atoms with Gasteiger partial charge in [-0.05, 0) is 31.0 Å². The van der Waals surface area contributed by atoms with Crippen molar-refractivity contribution in [3.63, 3.8) is 0 Å². The van der Waals surface area contributed by atoms with E-state index in [9.17, 15) is 5.41 Å². The molecule has 2 aromatic carbocycles. The summed E-state index contributed by atoms with van der Waals surface area (Å²) >= 11 is 0. The first-order chi connectivity index (χ1) is 17.7. The number of hydrogen-bond acceptors (Lipinski definition) is 6. The van der Waals surface area contributed by atoms with Gasteiger partial charge in [-0.3, -0.25) is 10.3 Å². The summed E-state index contributed by atoms with van der Waals surface area (Å²) in [7, 11) is 0. The zero-order chi connectivity index (χ0) is 24.5. The third-order valence-corrected chi connectivity index (χ3v) is 7.03. The largest absolute Gasteiger partial charge is 0.420 e. The molecule has 4 heterocycles. The van der Waals surface area contributed by atoms with Gasteiger partial charge < -0.3 is 14.0 Å². The quantitative estimate of drug-likeness (QED) is 0.397. The highest BCUT2D eigenvalue weighted by Gasteiger charge is 2.37. The molecule has 36 heavy (non-hydrogen) atoms. The maximum Gasteiger partial charge on any atom is 0.230 e. The Morgan fingerprint density at radius 2 is 1.67 bits per heavy atom. The summed E-state index contributed by atoms with van der Waals surface area (Å²) in [6.45, 7) is 7.26. The highest BCUT2D eigenvalue weighted by atomic mass is 16.5. The van der Waals surface area contributed by atoms with Crippen LogP contribution in [0.4, 0.5) is 0 Å². The second kappa shape index (κ2) is 9.72. The van der Waals surface area contributed by atoms with Crippen LogP contribution in [0.1, 0.15) is 34.7 Å². The molecule has 4 aromatic rings. The Labute approximate surface area is 210 Å². The van der Waals surface area contributed by atoms with Crippen molar-refractivity contribution in [2.75, 3.05) is 32.8 Å². The number of ether oxygens (including phenoxy) is 2. The van der Waals surface area contributed by atoms with Crippen molar-refractivity contribution in [2.24, 2.45) is 0 Å². The van der Waals surface area contributed by atoms with E-state index in [1.54, 1.807) is 6.33 Å². The van der Waals surface area contributed by atoms with Gasteiger partial charge in [0.25, 0.3) is 0 Å². The summed E-state index contributed by atoms with van der Waals surface area (Å²) in [6, 6.07) is 20.3. The SMILES string of the molecule is Cc1nn(-c2ccccc2)c2c1[C@H](c1ccccc1)c1c(ncn(CCCN3CCOCC3)c1=N)O2. The number of para-hydroxylation sites is 1. The van der Waals surface area contributed by atoms with Gasteiger partial charge in [0.1, 0.15) is 11.8 Å². The second-order valence-electron chi connectivity index (χ2n) is 9.31. The van der Waals surface area contributed by atoms with Crippen molar-refractivity contribution >= 4 is 0 Å². The normalized spacial score (nSPS) is 17.3. The third kappa shape index (κ3) is 4.12. The average Bonchev–Trinajstić information content (AvgIpc) is 3.26. The van der Waals surface area contributed by atoms with E-state index >= 15 is 0 Å². The smallest absolute Gasteiger partial charge is 0.230 e. The van der Waals surface area contributed by atoms with E-state index in [1.807, 2.05) is 64.7 Å². The molecule has 1 N–H and O–H groups in total. The highest BCUT2D eigenvalue weighted by Crippen LogP contribution is 2.47. The lowest BCUT2D eigenvalue weighted by molar-refractivity contribution is 0.0369. The van der Waals surface area contributed by atoms with E-state index in [4.69, 9.17) is 19.6 Å². The summed E-state index contributed by atoms with van der Waals surface area (Å²) in [5.41, 5.74) is 5.12. The number of rotatable bonds is 6. The molecule has 0 radical (unpaired) electrons. The van der Waals surface area contributed by atoms with Gasteiger partial charge >= 0.3 is 0 Å². The Morgan fingerprint density at radius 1 is 0.944 bits per heavy atom. The van der Waals surface area contributed by atoms with Crippen LogP contribution in [0.2, 0.25) is 0 Å².